The number of hydrogen-bond donors (Lipinski definition) is 2. The highest BCUT2D eigenvalue weighted by Crippen LogP contribution is 2.14. The molecule has 1 aromatic rings. The molecule has 0 spiro atoms. The molecule has 5 heteroatoms. The first-order chi connectivity index (χ1) is 6.69. The van der Waals surface area contributed by atoms with Crippen LogP contribution in [-0.4, -0.2) is 16.1 Å². The predicted molar refractivity (Wildman–Crippen MR) is 51.6 cm³/mol. The molecule has 1 amide bonds. The van der Waals surface area contributed by atoms with Crippen molar-refractivity contribution in [1.82, 2.24) is 10.2 Å². The first-order valence-corrected chi connectivity index (χ1v) is 4.44. The first-order valence-electron chi connectivity index (χ1n) is 4.44. The van der Waals surface area contributed by atoms with Crippen LogP contribution in [0.3, 0.4) is 0 Å². The maximum absolute atomic E-state index is 11.2. The Labute approximate surface area is 82.1 Å². The molecule has 0 fully saturated rings. The van der Waals surface area contributed by atoms with Crippen molar-refractivity contribution in [2.24, 2.45) is 0 Å². The van der Waals surface area contributed by atoms with Crippen molar-refractivity contribution in [2.75, 3.05) is 5.32 Å². The zero-order valence-corrected chi connectivity index (χ0v) is 8.22. The zero-order chi connectivity index (χ0) is 10.6. The van der Waals surface area contributed by atoms with Gasteiger partial charge in [0.25, 0.3) is 0 Å². The third-order valence-corrected chi connectivity index (χ3v) is 1.79. The maximum Gasteiger partial charge on any atom is 0.225 e. The van der Waals surface area contributed by atoms with Gasteiger partial charge in [0, 0.05) is 6.42 Å². The average molecular weight is 192 g/mol. The van der Waals surface area contributed by atoms with Gasteiger partial charge in [0.2, 0.25) is 5.91 Å². The molecule has 74 valence electrons. The number of amides is 1. The minimum absolute atomic E-state index is 0.115. The first kappa shape index (κ1) is 10.3. The van der Waals surface area contributed by atoms with E-state index in [-0.39, 0.29) is 5.91 Å². The number of aromatic amines is 1. The van der Waals surface area contributed by atoms with Gasteiger partial charge in [0.1, 0.15) is 11.6 Å². The van der Waals surface area contributed by atoms with Crippen molar-refractivity contribution in [2.45, 2.75) is 26.7 Å². The molecular weight excluding hydrogens is 180 g/mol. The molecule has 0 radical (unpaired) electrons. The Kier molecular flexibility index (Phi) is 3.24. The van der Waals surface area contributed by atoms with Gasteiger partial charge in [-0.05, 0) is 13.3 Å². The van der Waals surface area contributed by atoms with Crippen LogP contribution in [0.15, 0.2) is 0 Å². The molecule has 0 aliphatic heterocycles. The third-order valence-electron chi connectivity index (χ3n) is 1.79. The number of anilines is 1. The SMILES string of the molecule is CCCC(=O)Nc1n[nH]c(C)c1C#N. The summed E-state index contributed by atoms with van der Waals surface area (Å²) in [6.07, 6.45) is 1.22. The lowest BCUT2D eigenvalue weighted by atomic mass is 10.2. The van der Waals surface area contributed by atoms with Gasteiger partial charge in [-0.1, -0.05) is 6.92 Å². The Balaban J connectivity index is 2.77. The molecule has 0 saturated heterocycles. The summed E-state index contributed by atoms with van der Waals surface area (Å²) in [5.41, 5.74) is 1.06. The fourth-order valence-corrected chi connectivity index (χ4v) is 1.08. The Bertz CT molecular complexity index is 375. The minimum atomic E-state index is -0.115. The Morgan fingerprint density at radius 3 is 3.00 bits per heavy atom. The summed E-state index contributed by atoms with van der Waals surface area (Å²) in [4.78, 5) is 11.2. The van der Waals surface area contributed by atoms with Crippen LogP contribution in [0.1, 0.15) is 31.0 Å². The van der Waals surface area contributed by atoms with E-state index in [1.807, 2.05) is 13.0 Å². The monoisotopic (exact) mass is 192 g/mol. The molecular formula is C9H12N4O. The van der Waals surface area contributed by atoms with Gasteiger partial charge in [-0.2, -0.15) is 10.4 Å². The van der Waals surface area contributed by atoms with Crippen LogP contribution in [0.4, 0.5) is 5.82 Å². The zero-order valence-electron chi connectivity index (χ0n) is 8.22. The molecule has 1 aromatic heterocycles. The topological polar surface area (TPSA) is 81.6 Å². The quantitative estimate of drug-likeness (QED) is 0.757. The summed E-state index contributed by atoms with van der Waals surface area (Å²) in [5, 5.41) is 17.8. The summed E-state index contributed by atoms with van der Waals surface area (Å²) in [5.74, 6) is 0.207. The van der Waals surface area contributed by atoms with Crippen LogP contribution in [0, 0.1) is 18.3 Å². The average Bonchev–Trinajstić information content (AvgIpc) is 2.47. The molecule has 0 aliphatic rings. The normalized spacial score (nSPS) is 9.50. The largest absolute Gasteiger partial charge is 0.308 e. The van der Waals surface area contributed by atoms with Gasteiger partial charge in [0.15, 0.2) is 5.82 Å². The third kappa shape index (κ3) is 2.10. The predicted octanol–water partition coefficient (Wildman–Crippen LogP) is 1.33. The van der Waals surface area contributed by atoms with E-state index in [1.54, 1.807) is 6.92 Å². The van der Waals surface area contributed by atoms with Crippen molar-refractivity contribution in [1.29, 1.82) is 5.26 Å². The number of nitrogens with zero attached hydrogens (tertiary/aromatic N) is 2. The number of H-pyrrole nitrogens is 1. The molecule has 0 unspecified atom stereocenters. The number of nitrogens with one attached hydrogen (secondary N) is 2. The number of carbonyl (C=O) groups excluding carboxylic acids is 1. The van der Waals surface area contributed by atoms with Crippen LogP contribution in [-0.2, 0) is 4.79 Å². The van der Waals surface area contributed by atoms with Crippen molar-refractivity contribution in [3.8, 4) is 6.07 Å². The second kappa shape index (κ2) is 4.42. The summed E-state index contributed by atoms with van der Waals surface area (Å²) in [7, 11) is 0. The molecule has 2 N–H and O–H groups in total. The van der Waals surface area contributed by atoms with E-state index in [0.717, 1.165) is 6.42 Å². The molecule has 0 saturated carbocycles. The number of nitriles is 1. The number of rotatable bonds is 3. The Hall–Kier alpha value is -1.83. The van der Waals surface area contributed by atoms with Crippen molar-refractivity contribution in [3.63, 3.8) is 0 Å². The van der Waals surface area contributed by atoms with Crippen LogP contribution in [0.25, 0.3) is 0 Å². The van der Waals surface area contributed by atoms with Gasteiger partial charge in [-0.15, -0.1) is 0 Å². The summed E-state index contributed by atoms with van der Waals surface area (Å²) >= 11 is 0. The smallest absolute Gasteiger partial charge is 0.225 e. The number of aromatic nitrogens is 2. The molecule has 0 aromatic carbocycles. The highest BCUT2D eigenvalue weighted by atomic mass is 16.1. The minimum Gasteiger partial charge on any atom is -0.308 e. The summed E-state index contributed by atoms with van der Waals surface area (Å²) in [6, 6.07) is 1.98. The highest BCUT2D eigenvalue weighted by molar-refractivity contribution is 5.91. The van der Waals surface area contributed by atoms with E-state index in [1.165, 1.54) is 0 Å². The lowest BCUT2D eigenvalue weighted by Crippen LogP contribution is -2.11. The molecule has 1 rings (SSSR count). The van der Waals surface area contributed by atoms with Crippen LogP contribution < -0.4 is 5.32 Å². The summed E-state index contributed by atoms with van der Waals surface area (Å²) in [6.45, 7) is 3.65. The van der Waals surface area contributed by atoms with Gasteiger partial charge < -0.3 is 5.32 Å². The Morgan fingerprint density at radius 2 is 2.43 bits per heavy atom. The molecule has 1 heterocycles. The lowest BCUT2D eigenvalue weighted by Gasteiger charge is -1.99. The van der Waals surface area contributed by atoms with Crippen molar-refractivity contribution in [3.05, 3.63) is 11.3 Å². The second-order valence-electron chi connectivity index (χ2n) is 2.98. The van der Waals surface area contributed by atoms with E-state index in [4.69, 9.17) is 5.26 Å². The van der Waals surface area contributed by atoms with Crippen LogP contribution in [0.2, 0.25) is 0 Å². The molecule has 5 nitrogen and oxygen atoms in total. The van der Waals surface area contributed by atoms with E-state index in [9.17, 15) is 4.79 Å². The molecule has 0 bridgehead atoms. The number of aryl methyl sites for hydroxylation is 1. The van der Waals surface area contributed by atoms with E-state index in [2.05, 4.69) is 15.5 Å². The van der Waals surface area contributed by atoms with Gasteiger partial charge in [0.05, 0.1) is 5.69 Å². The van der Waals surface area contributed by atoms with Gasteiger partial charge in [-0.25, -0.2) is 0 Å². The van der Waals surface area contributed by atoms with Crippen molar-refractivity contribution < 1.29 is 4.79 Å². The Morgan fingerprint density at radius 1 is 1.71 bits per heavy atom. The standard InChI is InChI=1S/C9H12N4O/c1-3-4-8(14)11-9-7(5-10)6(2)12-13-9/h3-4H2,1-2H3,(H2,11,12,13,14). The molecule has 14 heavy (non-hydrogen) atoms. The number of carbonyl (C=O) groups is 1. The highest BCUT2D eigenvalue weighted by Gasteiger charge is 2.11. The fraction of sp³-hybridized carbons (Fsp3) is 0.444. The molecule has 0 atom stereocenters. The van der Waals surface area contributed by atoms with Gasteiger partial charge in [-0.3, -0.25) is 9.89 Å². The van der Waals surface area contributed by atoms with E-state index in [0.29, 0.717) is 23.5 Å². The lowest BCUT2D eigenvalue weighted by molar-refractivity contribution is -0.116. The van der Waals surface area contributed by atoms with Gasteiger partial charge >= 0.3 is 0 Å². The fourth-order valence-electron chi connectivity index (χ4n) is 1.08. The van der Waals surface area contributed by atoms with E-state index < -0.39 is 0 Å². The molecule has 0 aliphatic carbocycles. The maximum atomic E-state index is 11.2. The van der Waals surface area contributed by atoms with Crippen LogP contribution in [0.5, 0.6) is 0 Å². The summed E-state index contributed by atoms with van der Waals surface area (Å²) < 4.78 is 0. The van der Waals surface area contributed by atoms with Crippen molar-refractivity contribution >= 4 is 11.7 Å². The van der Waals surface area contributed by atoms with E-state index >= 15 is 0 Å². The number of hydrogen-bond acceptors (Lipinski definition) is 3. The van der Waals surface area contributed by atoms with Crippen LogP contribution >= 0.6 is 0 Å². The second-order valence-corrected chi connectivity index (χ2v) is 2.98.